The standard InChI is InChI=1S/C43H69NO35/c44-1-8(51)29-36-21(58)28(65)43(72-29)78-35-14(7-50)70-41(26(63)19(35)56)76-33-12(5-48)68-39(24(61)17(33)54)74-31-10(3-46)66-37(22(59)15(31)52)73-30-9(2-45)67-38(23(60)16(30)53)75-32-11(4-47)69-40(25(62)18(32)55)77-34-13(6-49)71-42(79-36)27(64)20(34)57/h8-43,45-65H,2-7H2/t8?,9-,10+,11-,12+,13-,14+,15+,16+,17-,18+,19+,20+,21+,22+,23+,24-,25+,26-,27+,28+,29+,30+,31+,32+,33+,34+,35+,36-,37+,38+,39+,40+,41+,42+,43+/m0/s1. The van der Waals surface area contributed by atoms with Gasteiger partial charge in [0.05, 0.1) is 45.7 Å². The van der Waals surface area contributed by atoms with E-state index in [2.05, 4.69) is 0 Å². The zero-order chi connectivity index (χ0) is 57.6. The molecule has 36 atom stereocenters. The number of aliphatic hydroxyl groups excluding tert-OH is 21. The number of hydrogen-bond acceptors (Lipinski definition) is 36. The Labute approximate surface area is 445 Å². The van der Waals surface area contributed by atoms with Crippen LogP contribution in [0.15, 0.2) is 0 Å². The molecule has 456 valence electrons. The van der Waals surface area contributed by atoms with E-state index in [-0.39, 0.29) is 0 Å². The first kappa shape index (κ1) is 63.1. The molecule has 0 aromatic carbocycles. The highest BCUT2D eigenvalue weighted by Gasteiger charge is 2.60. The maximum atomic E-state index is 11.4. The van der Waals surface area contributed by atoms with E-state index in [1.165, 1.54) is 6.07 Å². The van der Waals surface area contributed by atoms with Gasteiger partial charge in [0.1, 0.15) is 171 Å². The maximum absolute atomic E-state index is 11.4. The van der Waals surface area contributed by atoms with Crippen molar-refractivity contribution in [1.29, 1.82) is 5.26 Å². The Morgan fingerprint density at radius 1 is 0.253 bits per heavy atom. The van der Waals surface area contributed by atoms with Crippen LogP contribution in [0.2, 0.25) is 0 Å². The number of rotatable bonds is 7. The van der Waals surface area contributed by atoms with Gasteiger partial charge in [0.25, 0.3) is 0 Å². The maximum Gasteiger partial charge on any atom is 0.187 e. The number of ether oxygens (including phenoxy) is 14. The molecule has 0 radical (unpaired) electrons. The van der Waals surface area contributed by atoms with Gasteiger partial charge in [-0.1, -0.05) is 0 Å². The van der Waals surface area contributed by atoms with Crippen LogP contribution in [0.3, 0.4) is 0 Å². The van der Waals surface area contributed by atoms with E-state index in [0.29, 0.717) is 0 Å². The predicted molar refractivity (Wildman–Crippen MR) is 233 cm³/mol. The molecule has 36 nitrogen and oxygen atoms in total. The highest BCUT2D eigenvalue weighted by molar-refractivity contribution is 5.04. The molecule has 79 heavy (non-hydrogen) atoms. The van der Waals surface area contributed by atoms with Crippen LogP contribution in [0.1, 0.15) is 0 Å². The summed E-state index contributed by atoms with van der Waals surface area (Å²) in [5, 5.41) is 241. The molecule has 36 heteroatoms. The molecule has 14 bridgehead atoms. The first-order valence-corrected chi connectivity index (χ1v) is 25.0. The van der Waals surface area contributed by atoms with Crippen LogP contribution in [0, 0.1) is 11.3 Å². The second-order valence-electron chi connectivity index (χ2n) is 20.0. The van der Waals surface area contributed by atoms with Gasteiger partial charge >= 0.3 is 0 Å². The Morgan fingerprint density at radius 2 is 0.418 bits per heavy atom. The van der Waals surface area contributed by atoms with Crippen LogP contribution < -0.4 is 0 Å². The quantitative estimate of drug-likeness (QED) is 0.105. The lowest BCUT2D eigenvalue weighted by Gasteiger charge is -2.50. The molecule has 0 spiro atoms. The first-order valence-electron chi connectivity index (χ1n) is 25.0. The van der Waals surface area contributed by atoms with Gasteiger partial charge < -0.3 is 174 Å². The summed E-state index contributed by atoms with van der Waals surface area (Å²) in [6.07, 6.45) is -74.8. The van der Waals surface area contributed by atoms with E-state index in [0.717, 1.165) is 0 Å². The highest BCUT2D eigenvalue weighted by Crippen LogP contribution is 2.39. The zero-order valence-electron chi connectivity index (χ0n) is 41.1. The molecule has 21 heterocycles. The Kier molecular flexibility index (Phi) is 21.2. The number of nitriles is 1. The average molecular weight is 1160 g/mol. The summed E-state index contributed by atoms with van der Waals surface area (Å²) in [6.45, 7) is -6.47. The summed E-state index contributed by atoms with van der Waals surface area (Å²) in [5.74, 6) is 0. The molecule has 21 aliphatic rings. The molecule has 21 rings (SSSR count). The van der Waals surface area contributed by atoms with Gasteiger partial charge in [0, 0.05) is 0 Å². The lowest BCUT2D eigenvalue weighted by Crippen LogP contribution is -2.68. The monoisotopic (exact) mass is 1160 g/mol. The van der Waals surface area contributed by atoms with Gasteiger partial charge in [-0.05, 0) is 0 Å². The van der Waals surface area contributed by atoms with Crippen molar-refractivity contribution in [1.82, 2.24) is 0 Å². The van der Waals surface area contributed by atoms with Gasteiger partial charge in [-0.15, -0.1) is 0 Å². The van der Waals surface area contributed by atoms with Gasteiger partial charge in [-0.2, -0.15) is 5.26 Å². The minimum absolute atomic E-state index is 1.06. The minimum Gasteiger partial charge on any atom is -0.394 e. The summed E-state index contributed by atoms with van der Waals surface area (Å²) in [6, 6.07) is 1.41. The molecule has 21 N–H and O–H groups in total. The van der Waals surface area contributed by atoms with Crippen molar-refractivity contribution in [2.24, 2.45) is 0 Å². The molecule has 21 fully saturated rings. The second-order valence-corrected chi connectivity index (χ2v) is 20.0. The number of aliphatic hydroxyl groups is 21. The fourth-order valence-electron chi connectivity index (χ4n) is 10.5. The Bertz CT molecular complexity index is 1950. The second kappa shape index (κ2) is 26.6. The van der Waals surface area contributed by atoms with E-state index in [1.807, 2.05) is 0 Å². The highest BCUT2D eigenvalue weighted by atomic mass is 16.8. The van der Waals surface area contributed by atoms with Gasteiger partial charge in [-0.25, -0.2) is 0 Å². The van der Waals surface area contributed by atoms with Crippen LogP contribution in [0.25, 0.3) is 0 Å². The van der Waals surface area contributed by atoms with Gasteiger partial charge in [0.15, 0.2) is 50.1 Å². The van der Waals surface area contributed by atoms with Crippen molar-refractivity contribution in [2.45, 2.75) is 221 Å². The SMILES string of the molecule is N#CC(O)[C@H]1O[C@@H]2O[C@H]3[C@H](O)[C@H](O)[C@@H](O[C@H]4[C@@H](O)[C@H](O)[C@@H](O[C@H]5[C@H](O)[C@@H](O)[C@@H](O[C@H]6[C@H](O)[C@@H](O)[C@@H](O[C@H]7[C@H](O)[C@@H](O)[C@@H](O[C@H]8[C@H](O)[C@@H](O)[C@@H](O[C@H]1[C@H](O)[C@H]2O)O[C@H]8CO)O[C@H]7CO)O[C@H]6CO)O[C@@H]5CO)O[C@@H]4CO)O[C@@H]3CO. The van der Waals surface area contributed by atoms with E-state index in [4.69, 9.17) is 66.3 Å². The lowest BCUT2D eigenvalue weighted by molar-refractivity contribution is -0.398. The molecular formula is C43H69NO35. The first-order chi connectivity index (χ1) is 37.6. The van der Waals surface area contributed by atoms with E-state index in [9.17, 15) is 112 Å². The Morgan fingerprint density at radius 3 is 0.595 bits per heavy atom. The van der Waals surface area contributed by atoms with E-state index in [1.54, 1.807) is 0 Å². The number of hydrogen-bond donors (Lipinski definition) is 21. The van der Waals surface area contributed by atoms with E-state index < -0.39 is 261 Å². The summed E-state index contributed by atoms with van der Waals surface area (Å²) >= 11 is 0. The third-order valence-electron chi connectivity index (χ3n) is 15.0. The molecule has 0 saturated carbocycles. The van der Waals surface area contributed by atoms with Crippen molar-refractivity contribution in [2.75, 3.05) is 39.6 Å². The van der Waals surface area contributed by atoms with Crippen LogP contribution in [-0.4, -0.2) is 368 Å². The molecule has 0 aromatic rings. The van der Waals surface area contributed by atoms with Gasteiger partial charge in [0.2, 0.25) is 0 Å². The Balaban J connectivity index is 1.09. The van der Waals surface area contributed by atoms with Crippen LogP contribution in [0.5, 0.6) is 0 Å². The predicted octanol–water partition coefficient (Wildman–Crippen LogP) is -15.3. The van der Waals surface area contributed by atoms with Crippen molar-refractivity contribution in [3.8, 4) is 6.07 Å². The number of nitrogens with zero attached hydrogens (tertiary/aromatic N) is 1. The lowest BCUT2D eigenvalue weighted by atomic mass is 9.93. The van der Waals surface area contributed by atoms with E-state index >= 15 is 0 Å². The fourth-order valence-corrected chi connectivity index (χ4v) is 10.5. The largest absolute Gasteiger partial charge is 0.394 e. The van der Waals surface area contributed by atoms with Crippen molar-refractivity contribution >= 4 is 0 Å². The fraction of sp³-hybridized carbons (Fsp3) is 0.977. The topological polar surface area (TPSA) is 578 Å². The summed E-state index contributed by atoms with van der Waals surface area (Å²) in [5.41, 5.74) is 0. The van der Waals surface area contributed by atoms with Crippen molar-refractivity contribution in [3.63, 3.8) is 0 Å². The third-order valence-corrected chi connectivity index (χ3v) is 15.0. The zero-order valence-corrected chi connectivity index (χ0v) is 41.1. The summed E-state index contributed by atoms with van der Waals surface area (Å²) in [7, 11) is 0. The molecule has 0 aliphatic carbocycles. The summed E-state index contributed by atoms with van der Waals surface area (Å²) < 4.78 is 79.3. The van der Waals surface area contributed by atoms with Crippen LogP contribution >= 0.6 is 0 Å². The molecule has 21 aliphatic heterocycles. The minimum atomic E-state index is -2.33. The third kappa shape index (κ3) is 12.3. The molecular weight excluding hydrogens is 1090 g/mol. The molecule has 0 aromatic heterocycles. The Hall–Kier alpha value is -1.91. The normalized spacial score (nSPS) is 54.6. The van der Waals surface area contributed by atoms with Crippen LogP contribution in [0.4, 0.5) is 0 Å². The van der Waals surface area contributed by atoms with Crippen LogP contribution in [-0.2, 0) is 66.3 Å². The van der Waals surface area contributed by atoms with Crippen molar-refractivity contribution in [3.05, 3.63) is 0 Å². The van der Waals surface area contributed by atoms with Crippen molar-refractivity contribution < 1.29 is 174 Å². The molecule has 0 amide bonds. The summed E-state index contributed by atoms with van der Waals surface area (Å²) in [4.78, 5) is 0. The van der Waals surface area contributed by atoms with Gasteiger partial charge in [-0.3, -0.25) is 0 Å². The average Bonchev–Trinajstić information content (AvgIpc) is 3.57. The smallest absolute Gasteiger partial charge is 0.187 e. The molecule has 21 saturated heterocycles. The molecule has 1 unspecified atom stereocenters.